The molecular formula is C16H19N7O. The maximum atomic E-state index is 12.0. The summed E-state index contributed by atoms with van der Waals surface area (Å²) in [6.45, 7) is 4.39. The van der Waals surface area contributed by atoms with Gasteiger partial charge in [0, 0.05) is 30.4 Å². The molecule has 8 nitrogen and oxygen atoms in total. The lowest BCUT2D eigenvalue weighted by Gasteiger charge is -2.09. The molecule has 0 fully saturated rings. The van der Waals surface area contributed by atoms with Crippen molar-refractivity contribution in [3.63, 3.8) is 0 Å². The van der Waals surface area contributed by atoms with Gasteiger partial charge in [-0.25, -0.2) is 9.97 Å². The molecule has 0 radical (unpaired) electrons. The molecule has 0 unspecified atom stereocenters. The molecule has 1 amide bonds. The van der Waals surface area contributed by atoms with Crippen molar-refractivity contribution in [2.75, 3.05) is 17.2 Å². The van der Waals surface area contributed by atoms with Crippen LogP contribution in [0.15, 0.2) is 30.6 Å². The highest BCUT2D eigenvalue weighted by molar-refractivity contribution is 5.90. The number of carbonyl (C=O) groups excluding carboxylic acids is 1. The summed E-state index contributed by atoms with van der Waals surface area (Å²) in [5.41, 5.74) is 1.79. The van der Waals surface area contributed by atoms with Gasteiger partial charge in [0.1, 0.15) is 18.0 Å². The summed E-state index contributed by atoms with van der Waals surface area (Å²) in [5, 5.41) is 10.1. The molecule has 3 heterocycles. The average molecular weight is 325 g/mol. The van der Waals surface area contributed by atoms with Crippen molar-refractivity contribution in [3.8, 4) is 0 Å². The molecule has 0 aliphatic carbocycles. The van der Waals surface area contributed by atoms with Crippen molar-refractivity contribution in [2.24, 2.45) is 0 Å². The topological polar surface area (TPSA) is 97.1 Å². The molecule has 0 aromatic carbocycles. The van der Waals surface area contributed by atoms with Gasteiger partial charge in [0.15, 0.2) is 0 Å². The standard InChI is InChI=1S/C16H19N7O/c1-3-12-9-14(23-16(21-12)18-10-19-23)17-8-7-15(24)22-13-6-4-5-11(2)20-13/h4-6,9-10,17H,3,7-8H2,1-2H3,(H,20,22,24). The van der Waals surface area contributed by atoms with Gasteiger partial charge in [-0.2, -0.15) is 14.6 Å². The quantitative estimate of drug-likeness (QED) is 0.717. The summed E-state index contributed by atoms with van der Waals surface area (Å²) in [7, 11) is 0. The number of aryl methyl sites for hydroxylation is 2. The minimum Gasteiger partial charge on any atom is -0.369 e. The van der Waals surface area contributed by atoms with Crippen LogP contribution in [-0.4, -0.2) is 37.0 Å². The fourth-order valence-electron chi connectivity index (χ4n) is 2.29. The van der Waals surface area contributed by atoms with E-state index in [4.69, 9.17) is 0 Å². The second-order valence-electron chi connectivity index (χ2n) is 5.35. The first kappa shape index (κ1) is 15.9. The summed E-state index contributed by atoms with van der Waals surface area (Å²) < 4.78 is 1.62. The first-order valence-electron chi connectivity index (χ1n) is 7.82. The molecular weight excluding hydrogens is 306 g/mol. The first-order chi connectivity index (χ1) is 11.7. The van der Waals surface area contributed by atoms with Gasteiger partial charge in [-0.05, 0) is 25.5 Å². The molecule has 3 aromatic heterocycles. The molecule has 8 heteroatoms. The molecule has 2 N–H and O–H groups in total. The maximum Gasteiger partial charge on any atom is 0.254 e. The van der Waals surface area contributed by atoms with Crippen molar-refractivity contribution < 1.29 is 4.79 Å². The zero-order valence-electron chi connectivity index (χ0n) is 13.7. The third-order valence-electron chi connectivity index (χ3n) is 3.48. The van der Waals surface area contributed by atoms with E-state index in [0.29, 0.717) is 24.6 Å². The summed E-state index contributed by atoms with van der Waals surface area (Å²) >= 11 is 0. The predicted molar refractivity (Wildman–Crippen MR) is 90.9 cm³/mol. The Labute approximate surface area is 139 Å². The summed E-state index contributed by atoms with van der Waals surface area (Å²) in [4.78, 5) is 24.8. The molecule has 0 aliphatic heterocycles. The van der Waals surface area contributed by atoms with Crippen LogP contribution in [0.25, 0.3) is 5.78 Å². The van der Waals surface area contributed by atoms with E-state index in [-0.39, 0.29) is 5.91 Å². The smallest absolute Gasteiger partial charge is 0.254 e. The van der Waals surface area contributed by atoms with Crippen LogP contribution >= 0.6 is 0 Å². The van der Waals surface area contributed by atoms with Gasteiger partial charge in [0.25, 0.3) is 5.78 Å². The summed E-state index contributed by atoms with van der Waals surface area (Å²) in [6, 6.07) is 7.44. The number of nitrogens with one attached hydrogen (secondary N) is 2. The lowest BCUT2D eigenvalue weighted by atomic mass is 10.3. The Hall–Kier alpha value is -3.03. The van der Waals surface area contributed by atoms with Crippen molar-refractivity contribution >= 4 is 23.3 Å². The Morgan fingerprint density at radius 2 is 2.17 bits per heavy atom. The number of aromatic nitrogens is 5. The predicted octanol–water partition coefficient (Wildman–Crippen LogP) is 1.83. The number of hydrogen-bond acceptors (Lipinski definition) is 6. The lowest BCUT2D eigenvalue weighted by Crippen LogP contribution is -2.18. The fraction of sp³-hybridized carbons (Fsp3) is 0.312. The number of nitrogens with zero attached hydrogens (tertiary/aromatic N) is 5. The Morgan fingerprint density at radius 1 is 1.29 bits per heavy atom. The maximum absolute atomic E-state index is 12.0. The highest BCUT2D eigenvalue weighted by Gasteiger charge is 2.08. The number of fused-ring (bicyclic) bond motifs is 1. The van der Waals surface area contributed by atoms with Crippen molar-refractivity contribution in [3.05, 3.63) is 42.0 Å². The second-order valence-corrected chi connectivity index (χ2v) is 5.35. The lowest BCUT2D eigenvalue weighted by molar-refractivity contribution is -0.116. The zero-order valence-corrected chi connectivity index (χ0v) is 13.7. The summed E-state index contributed by atoms with van der Waals surface area (Å²) in [5.74, 6) is 1.79. The van der Waals surface area contributed by atoms with Crippen molar-refractivity contribution in [1.82, 2.24) is 24.6 Å². The minimum absolute atomic E-state index is 0.0970. The number of pyridine rings is 1. The van der Waals surface area contributed by atoms with E-state index in [2.05, 4.69) is 30.7 Å². The molecule has 0 saturated heterocycles. The third-order valence-corrected chi connectivity index (χ3v) is 3.48. The van der Waals surface area contributed by atoms with E-state index < -0.39 is 0 Å². The van der Waals surface area contributed by atoms with Crippen molar-refractivity contribution in [1.29, 1.82) is 0 Å². The SMILES string of the molecule is CCc1cc(NCCC(=O)Nc2cccc(C)n2)n2ncnc2n1. The molecule has 0 aliphatic rings. The number of hydrogen-bond donors (Lipinski definition) is 2. The van der Waals surface area contributed by atoms with E-state index in [1.165, 1.54) is 6.33 Å². The van der Waals surface area contributed by atoms with Crippen LogP contribution in [0.5, 0.6) is 0 Å². The van der Waals surface area contributed by atoms with Crippen molar-refractivity contribution in [2.45, 2.75) is 26.7 Å². The minimum atomic E-state index is -0.0970. The molecule has 0 saturated carbocycles. The molecule has 0 atom stereocenters. The molecule has 124 valence electrons. The number of carbonyl (C=O) groups is 1. The first-order valence-corrected chi connectivity index (χ1v) is 7.82. The highest BCUT2D eigenvalue weighted by Crippen LogP contribution is 2.11. The number of rotatable bonds is 6. The molecule has 0 bridgehead atoms. The molecule has 24 heavy (non-hydrogen) atoms. The second kappa shape index (κ2) is 7.03. The molecule has 0 spiro atoms. The monoisotopic (exact) mass is 325 g/mol. The number of amides is 1. The van der Waals surface area contributed by atoms with Crippen LogP contribution in [0.2, 0.25) is 0 Å². The third kappa shape index (κ3) is 3.65. The van der Waals surface area contributed by atoms with Crippen LogP contribution in [0, 0.1) is 6.92 Å². The Balaban J connectivity index is 1.60. The largest absolute Gasteiger partial charge is 0.369 e. The zero-order chi connectivity index (χ0) is 16.9. The van der Waals surface area contributed by atoms with E-state index in [9.17, 15) is 4.79 Å². The van der Waals surface area contributed by atoms with E-state index in [1.807, 2.05) is 32.0 Å². The normalized spacial score (nSPS) is 10.8. The van der Waals surface area contributed by atoms with Gasteiger partial charge in [-0.1, -0.05) is 13.0 Å². The van der Waals surface area contributed by atoms with Gasteiger partial charge in [-0.15, -0.1) is 0 Å². The van der Waals surface area contributed by atoms with Gasteiger partial charge >= 0.3 is 0 Å². The van der Waals surface area contributed by atoms with Crippen LogP contribution in [-0.2, 0) is 11.2 Å². The van der Waals surface area contributed by atoms with Crippen LogP contribution in [0.3, 0.4) is 0 Å². The molecule has 3 rings (SSSR count). The van der Waals surface area contributed by atoms with Crippen LogP contribution in [0.4, 0.5) is 11.6 Å². The number of anilines is 2. The Morgan fingerprint density at radius 3 is 2.96 bits per heavy atom. The summed E-state index contributed by atoms with van der Waals surface area (Å²) in [6.07, 6.45) is 2.58. The van der Waals surface area contributed by atoms with Crippen LogP contribution < -0.4 is 10.6 Å². The average Bonchev–Trinajstić information content (AvgIpc) is 3.03. The van der Waals surface area contributed by atoms with E-state index in [0.717, 1.165) is 23.6 Å². The van der Waals surface area contributed by atoms with Gasteiger partial charge in [0.2, 0.25) is 5.91 Å². The van der Waals surface area contributed by atoms with E-state index >= 15 is 0 Å². The van der Waals surface area contributed by atoms with Gasteiger partial charge in [-0.3, -0.25) is 4.79 Å². The molecule has 3 aromatic rings. The highest BCUT2D eigenvalue weighted by atomic mass is 16.1. The van der Waals surface area contributed by atoms with Gasteiger partial charge < -0.3 is 10.6 Å². The van der Waals surface area contributed by atoms with E-state index in [1.54, 1.807) is 10.6 Å². The Kier molecular flexibility index (Phi) is 4.64. The van der Waals surface area contributed by atoms with Crippen LogP contribution in [0.1, 0.15) is 24.7 Å². The fourth-order valence-corrected chi connectivity index (χ4v) is 2.29. The Bertz CT molecular complexity index is 859. The van der Waals surface area contributed by atoms with Gasteiger partial charge in [0.05, 0.1) is 0 Å².